The van der Waals surface area contributed by atoms with Crippen LogP contribution in [0.25, 0.3) is 10.9 Å². The molecule has 0 amide bonds. The predicted octanol–water partition coefficient (Wildman–Crippen LogP) is 2.51. The lowest BCUT2D eigenvalue weighted by molar-refractivity contribution is -0.137. The van der Waals surface area contributed by atoms with Crippen molar-refractivity contribution in [2.24, 2.45) is 12.9 Å². The summed E-state index contributed by atoms with van der Waals surface area (Å²) in [5.41, 5.74) is 3.20. The van der Waals surface area contributed by atoms with Crippen molar-refractivity contribution in [1.29, 1.82) is 0 Å². The highest BCUT2D eigenvalue weighted by molar-refractivity contribution is 5.92. The minimum Gasteiger partial charge on any atom is -0.481 e. The zero-order chi connectivity index (χ0) is 18.3. The van der Waals surface area contributed by atoms with Crippen LogP contribution in [0, 0.1) is 0 Å². The van der Waals surface area contributed by atoms with Gasteiger partial charge < -0.3 is 19.1 Å². The SMILES string of the molecule is Cn1cc(C(C(=O)O)c2ccc3c(c2)OCO3)c2ccc(CON)cc21. The fourth-order valence-corrected chi connectivity index (χ4v) is 3.42. The number of carboxylic acid groups (broad SMARTS) is 1. The van der Waals surface area contributed by atoms with E-state index in [0.29, 0.717) is 29.2 Å². The molecule has 0 saturated carbocycles. The van der Waals surface area contributed by atoms with E-state index in [0.717, 1.165) is 16.5 Å². The molecule has 2 aromatic carbocycles. The van der Waals surface area contributed by atoms with E-state index in [9.17, 15) is 9.90 Å². The second-order valence-corrected chi connectivity index (χ2v) is 6.24. The zero-order valence-electron chi connectivity index (χ0n) is 14.1. The molecule has 0 saturated heterocycles. The summed E-state index contributed by atoms with van der Waals surface area (Å²) in [6.07, 6.45) is 1.85. The van der Waals surface area contributed by atoms with Crippen molar-refractivity contribution in [3.63, 3.8) is 0 Å². The predicted molar refractivity (Wildman–Crippen MR) is 93.9 cm³/mol. The van der Waals surface area contributed by atoms with Crippen molar-refractivity contribution >= 4 is 16.9 Å². The van der Waals surface area contributed by atoms with E-state index in [2.05, 4.69) is 0 Å². The van der Waals surface area contributed by atoms with E-state index < -0.39 is 11.9 Å². The number of hydrogen-bond acceptors (Lipinski definition) is 5. The summed E-state index contributed by atoms with van der Waals surface area (Å²) in [4.78, 5) is 16.8. The van der Waals surface area contributed by atoms with E-state index in [1.807, 2.05) is 36.0 Å². The van der Waals surface area contributed by atoms with E-state index in [1.165, 1.54) is 0 Å². The van der Waals surface area contributed by atoms with Gasteiger partial charge in [0.05, 0.1) is 6.61 Å². The normalized spacial score (nSPS) is 13.9. The molecule has 1 unspecified atom stereocenters. The van der Waals surface area contributed by atoms with Crippen LogP contribution in [0.5, 0.6) is 11.5 Å². The summed E-state index contributed by atoms with van der Waals surface area (Å²) in [7, 11) is 1.89. The molecule has 0 fully saturated rings. The smallest absolute Gasteiger partial charge is 0.315 e. The van der Waals surface area contributed by atoms with Crippen molar-refractivity contribution in [3.8, 4) is 11.5 Å². The quantitative estimate of drug-likeness (QED) is 0.684. The summed E-state index contributed by atoms with van der Waals surface area (Å²) in [5.74, 6) is 4.60. The number of nitrogens with zero attached hydrogens (tertiary/aromatic N) is 1. The third-order valence-electron chi connectivity index (χ3n) is 4.62. The van der Waals surface area contributed by atoms with Gasteiger partial charge in [0.1, 0.15) is 5.92 Å². The van der Waals surface area contributed by atoms with E-state index in [1.54, 1.807) is 18.2 Å². The minimum absolute atomic E-state index is 0.150. The summed E-state index contributed by atoms with van der Waals surface area (Å²) in [6.45, 7) is 0.442. The van der Waals surface area contributed by atoms with Crippen LogP contribution in [-0.4, -0.2) is 22.4 Å². The van der Waals surface area contributed by atoms with Crippen LogP contribution in [0.1, 0.15) is 22.6 Å². The molecule has 0 aliphatic carbocycles. The number of hydrogen-bond donors (Lipinski definition) is 2. The fraction of sp³-hybridized carbons (Fsp3) is 0.211. The molecule has 1 atom stereocenters. The molecule has 2 heterocycles. The number of benzene rings is 2. The van der Waals surface area contributed by atoms with Crippen molar-refractivity contribution in [2.75, 3.05) is 6.79 Å². The Morgan fingerprint density at radius 2 is 2.08 bits per heavy atom. The van der Waals surface area contributed by atoms with Gasteiger partial charge in [-0.15, -0.1) is 0 Å². The molecule has 0 spiro atoms. The van der Waals surface area contributed by atoms with Gasteiger partial charge in [-0.3, -0.25) is 9.63 Å². The van der Waals surface area contributed by atoms with Crippen LogP contribution < -0.4 is 15.4 Å². The van der Waals surface area contributed by atoms with Gasteiger partial charge in [-0.25, -0.2) is 5.90 Å². The van der Waals surface area contributed by atoms with Gasteiger partial charge in [0.25, 0.3) is 0 Å². The molecular formula is C19H18N2O5. The first-order chi connectivity index (χ1) is 12.6. The molecule has 7 heteroatoms. The molecule has 0 bridgehead atoms. The number of fused-ring (bicyclic) bond motifs is 2. The van der Waals surface area contributed by atoms with Crippen LogP contribution in [0.15, 0.2) is 42.6 Å². The Balaban J connectivity index is 1.84. The third-order valence-corrected chi connectivity index (χ3v) is 4.62. The number of rotatable bonds is 5. The Morgan fingerprint density at radius 1 is 1.27 bits per heavy atom. The average molecular weight is 354 g/mol. The second kappa shape index (κ2) is 6.36. The van der Waals surface area contributed by atoms with Crippen LogP contribution in [0.2, 0.25) is 0 Å². The Kier molecular flexibility index (Phi) is 4.02. The second-order valence-electron chi connectivity index (χ2n) is 6.24. The maximum Gasteiger partial charge on any atom is 0.315 e. The maximum absolute atomic E-state index is 12.1. The maximum atomic E-state index is 12.1. The summed E-state index contributed by atoms with van der Waals surface area (Å²) >= 11 is 0. The molecule has 134 valence electrons. The Bertz CT molecular complexity index is 995. The number of aliphatic carboxylic acids is 1. The van der Waals surface area contributed by atoms with E-state index in [-0.39, 0.29) is 6.79 Å². The van der Waals surface area contributed by atoms with Crippen LogP contribution in [-0.2, 0) is 23.3 Å². The van der Waals surface area contributed by atoms with E-state index in [4.69, 9.17) is 20.2 Å². The number of carbonyl (C=O) groups is 1. The van der Waals surface area contributed by atoms with Crippen LogP contribution >= 0.6 is 0 Å². The summed E-state index contributed by atoms with van der Waals surface area (Å²) < 4.78 is 12.6. The highest BCUT2D eigenvalue weighted by Crippen LogP contribution is 2.38. The lowest BCUT2D eigenvalue weighted by Crippen LogP contribution is -2.12. The Hall–Kier alpha value is -3.03. The third kappa shape index (κ3) is 2.67. The molecular weight excluding hydrogens is 336 g/mol. The summed E-state index contributed by atoms with van der Waals surface area (Å²) in [6, 6.07) is 11.0. The van der Waals surface area contributed by atoms with Crippen LogP contribution in [0.4, 0.5) is 0 Å². The topological polar surface area (TPSA) is 95.9 Å². The van der Waals surface area contributed by atoms with Gasteiger partial charge in [0, 0.05) is 24.1 Å². The van der Waals surface area contributed by atoms with Gasteiger partial charge in [0.2, 0.25) is 6.79 Å². The first-order valence-electron chi connectivity index (χ1n) is 8.10. The number of aryl methyl sites for hydroxylation is 1. The van der Waals surface area contributed by atoms with Crippen molar-refractivity contribution in [2.45, 2.75) is 12.5 Å². The van der Waals surface area contributed by atoms with Crippen LogP contribution in [0.3, 0.4) is 0 Å². The summed E-state index contributed by atoms with van der Waals surface area (Å²) in [5, 5.41) is 10.8. The zero-order valence-corrected chi connectivity index (χ0v) is 14.1. The highest BCUT2D eigenvalue weighted by atomic mass is 16.7. The lowest BCUT2D eigenvalue weighted by Gasteiger charge is -2.13. The van der Waals surface area contributed by atoms with Crippen molar-refractivity contribution in [3.05, 3.63) is 59.3 Å². The number of aromatic nitrogens is 1. The molecule has 0 radical (unpaired) electrons. The number of nitrogens with two attached hydrogens (primary N) is 1. The van der Waals surface area contributed by atoms with Gasteiger partial charge in [-0.2, -0.15) is 0 Å². The Morgan fingerprint density at radius 3 is 2.85 bits per heavy atom. The highest BCUT2D eigenvalue weighted by Gasteiger charge is 2.28. The molecule has 26 heavy (non-hydrogen) atoms. The first-order valence-corrected chi connectivity index (χ1v) is 8.10. The molecule has 1 aliphatic heterocycles. The van der Waals surface area contributed by atoms with E-state index >= 15 is 0 Å². The number of carboxylic acids is 1. The molecule has 7 nitrogen and oxygen atoms in total. The lowest BCUT2D eigenvalue weighted by atomic mass is 9.90. The molecule has 1 aromatic heterocycles. The van der Waals surface area contributed by atoms with Gasteiger partial charge in [-0.05, 0) is 34.9 Å². The largest absolute Gasteiger partial charge is 0.481 e. The van der Waals surface area contributed by atoms with Gasteiger partial charge in [-0.1, -0.05) is 18.2 Å². The number of ether oxygens (including phenoxy) is 2. The average Bonchev–Trinajstić information content (AvgIpc) is 3.20. The monoisotopic (exact) mass is 354 g/mol. The molecule has 3 N–H and O–H groups in total. The van der Waals surface area contributed by atoms with Crippen molar-refractivity contribution < 1.29 is 24.2 Å². The fourth-order valence-electron chi connectivity index (χ4n) is 3.42. The standard InChI is InChI=1S/C19H18N2O5/c1-21-8-14(13-4-2-11(9-26-20)6-15(13)21)18(19(22)23)12-3-5-16-17(7-12)25-10-24-16/h2-8,18H,9-10,20H2,1H3,(H,22,23). The first kappa shape index (κ1) is 16.4. The van der Waals surface area contributed by atoms with Crippen molar-refractivity contribution in [1.82, 2.24) is 4.57 Å². The molecule has 4 rings (SSSR count). The van der Waals surface area contributed by atoms with Gasteiger partial charge >= 0.3 is 5.97 Å². The minimum atomic E-state index is -0.925. The Labute approximate surface area is 149 Å². The molecule has 1 aliphatic rings. The van der Waals surface area contributed by atoms with Gasteiger partial charge in [0.15, 0.2) is 11.5 Å². The molecule has 3 aromatic rings.